The van der Waals surface area contributed by atoms with Crippen LogP contribution in [0, 0.1) is 0 Å². The molecule has 0 bridgehead atoms. The number of carbonyl (C=O) groups excluding carboxylic acids is 1. The van der Waals surface area contributed by atoms with E-state index in [9.17, 15) is 4.79 Å². The lowest BCUT2D eigenvalue weighted by Gasteiger charge is -2.29. The second-order valence-electron chi connectivity index (χ2n) is 4.09. The summed E-state index contributed by atoms with van der Waals surface area (Å²) in [4.78, 5) is 14.0. The van der Waals surface area contributed by atoms with Gasteiger partial charge in [0.2, 0.25) is 0 Å². The van der Waals surface area contributed by atoms with E-state index in [4.69, 9.17) is 11.6 Å². The van der Waals surface area contributed by atoms with E-state index in [0.29, 0.717) is 17.3 Å². The zero-order valence-corrected chi connectivity index (χ0v) is 10.3. The van der Waals surface area contributed by atoms with E-state index in [-0.39, 0.29) is 5.91 Å². The van der Waals surface area contributed by atoms with Gasteiger partial charge in [0.15, 0.2) is 0 Å². The fourth-order valence-corrected chi connectivity index (χ4v) is 2.16. The lowest BCUT2D eigenvalue weighted by Crippen LogP contribution is -2.39. The second-order valence-corrected chi connectivity index (χ2v) is 4.53. The van der Waals surface area contributed by atoms with Crippen molar-refractivity contribution in [2.45, 2.75) is 0 Å². The molecule has 18 heavy (non-hydrogen) atoms. The molecule has 1 heterocycles. The van der Waals surface area contributed by atoms with Gasteiger partial charge in [-0.1, -0.05) is 23.7 Å². The Morgan fingerprint density at radius 2 is 1.78 bits per heavy atom. The molecule has 2 aromatic carbocycles. The first-order valence-corrected chi connectivity index (χ1v) is 6.04. The van der Waals surface area contributed by atoms with Crippen LogP contribution in [0.1, 0.15) is 10.4 Å². The number of rotatable bonds is 1. The maximum absolute atomic E-state index is 12.4. The molecule has 0 saturated heterocycles. The topological polar surface area (TPSA) is 32.3 Å². The van der Waals surface area contributed by atoms with Crippen LogP contribution in [-0.4, -0.2) is 12.6 Å². The van der Waals surface area contributed by atoms with Crippen LogP contribution in [0.4, 0.5) is 11.4 Å². The van der Waals surface area contributed by atoms with Crippen molar-refractivity contribution in [1.29, 1.82) is 0 Å². The molecule has 1 aliphatic rings. The number of nitrogens with one attached hydrogen (secondary N) is 1. The van der Waals surface area contributed by atoms with Crippen LogP contribution >= 0.6 is 11.6 Å². The quantitative estimate of drug-likeness (QED) is 0.851. The van der Waals surface area contributed by atoms with Crippen molar-refractivity contribution in [2.75, 3.05) is 16.9 Å². The maximum atomic E-state index is 12.4. The molecule has 2 aromatic rings. The normalized spacial score (nSPS) is 14.1. The summed E-state index contributed by atoms with van der Waals surface area (Å²) in [6.07, 6.45) is 0. The van der Waals surface area contributed by atoms with E-state index < -0.39 is 0 Å². The lowest BCUT2D eigenvalue weighted by molar-refractivity contribution is 0.0986. The molecule has 1 amide bonds. The Morgan fingerprint density at radius 3 is 2.56 bits per heavy atom. The van der Waals surface area contributed by atoms with Crippen LogP contribution in [0.5, 0.6) is 0 Å². The first kappa shape index (κ1) is 11.1. The minimum absolute atomic E-state index is 0.00618. The number of fused-ring (bicyclic) bond motifs is 1. The van der Waals surface area contributed by atoms with Gasteiger partial charge in [-0.2, -0.15) is 0 Å². The van der Waals surface area contributed by atoms with E-state index in [1.807, 2.05) is 36.4 Å². The van der Waals surface area contributed by atoms with Crippen LogP contribution in [0.3, 0.4) is 0 Å². The zero-order valence-electron chi connectivity index (χ0n) is 9.56. The second kappa shape index (κ2) is 4.35. The van der Waals surface area contributed by atoms with Gasteiger partial charge < -0.3 is 5.32 Å². The summed E-state index contributed by atoms with van der Waals surface area (Å²) >= 11 is 5.85. The Balaban J connectivity index is 1.97. The summed E-state index contributed by atoms with van der Waals surface area (Å²) in [6, 6.07) is 14.8. The molecule has 0 spiro atoms. The third-order valence-electron chi connectivity index (χ3n) is 2.97. The molecule has 0 fully saturated rings. The number of hydrogen-bond donors (Lipinski definition) is 1. The summed E-state index contributed by atoms with van der Waals surface area (Å²) < 4.78 is 0. The van der Waals surface area contributed by atoms with Gasteiger partial charge in [0.1, 0.15) is 0 Å². The fourth-order valence-electron chi connectivity index (χ4n) is 2.03. The van der Waals surface area contributed by atoms with Gasteiger partial charge >= 0.3 is 0 Å². The number of benzene rings is 2. The molecule has 3 rings (SSSR count). The highest BCUT2D eigenvalue weighted by Gasteiger charge is 2.24. The number of amides is 1. The Kier molecular flexibility index (Phi) is 2.68. The molecule has 3 nitrogen and oxygen atoms in total. The molecule has 0 unspecified atom stereocenters. The first-order chi connectivity index (χ1) is 8.75. The van der Waals surface area contributed by atoms with E-state index in [1.165, 1.54) is 0 Å². The number of carbonyl (C=O) groups is 1. The molecule has 4 heteroatoms. The van der Waals surface area contributed by atoms with Gasteiger partial charge in [-0.25, -0.2) is 0 Å². The fraction of sp³-hybridized carbons (Fsp3) is 0.0714. The summed E-state index contributed by atoms with van der Waals surface area (Å²) in [5.41, 5.74) is 2.41. The van der Waals surface area contributed by atoms with Gasteiger partial charge in [0.05, 0.1) is 12.2 Å². The molecule has 1 aliphatic heterocycles. The third kappa shape index (κ3) is 1.83. The van der Waals surface area contributed by atoms with Crippen molar-refractivity contribution >= 4 is 28.9 Å². The van der Waals surface area contributed by atoms with Gasteiger partial charge in [0, 0.05) is 16.4 Å². The number of halogens is 1. The minimum Gasteiger partial charge on any atom is -0.367 e. The number of nitrogens with zero attached hydrogens (tertiary/aromatic N) is 1. The van der Waals surface area contributed by atoms with Gasteiger partial charge in [-0.15, -0.1) is 0 Å². The minimum atomic E-state index is 0.00618. The molecule has 0 saturated carbocycles. The molecular formula is C14H11ClN2O. The summed E-state index contributed by atoms with van der Waals surface area (Å²) in [5, 5.41) is 3.89. The Bertz CT molecular complexity index is 595. The van der Waals surface area contributed by atoms with Crippen molar-refractivity contribution < 1.29 is 4.79 Å². The summed E-state index contributed by atoms with van der Waals surface area (Å²) in [7, 11) is 0. The highest BCUT2D eigenvalue weighted by molar-refractivity contribution is 6.30. The largest absolute Gasteiger partial charge is 0.367 e. The van der Waals surface area contributed by atoms with Crippen molar-refractivity contribution in [3.05, 3.63) is 59.1 Å². The third-order valence-corrected chi connectivity index (χ3v) is 3.22. The van der Waals surface area contributed by atoms with Gasteiger partial charge in [0.25, 0.3) is 5.91 Å². The lowest BCUT2D eigenvalue weighted by atomic mass is 10.1. The standard InChI is InChI=1S/C14H11ClN2O/c15-10-5-7-11(8-6-10)17-9-16-13-4-2-1-3-12(13)14(17)18/h1-8,16H,9H2. The van der Waals surface area contributed by atoms with Crippen LogP contribution in [0.2, 0.25) is 5.02 Å². The average Bonchev–Trinajstić information content (AvgIpc) is 2.41. The predicted molar refractivity (Wildman–Crippen MR) is 73.2 cm³/mol. The smallest absolute Gasteiger partial charge is 0.261 e. The summed E-state index contributed by atoms with van der Waals surface area (Å²) in [5.74, 6) is 0.00618. The molecule has 0 aromatic heterocycles. The highest BCUT2D eigenvalue weighted by Crippen LogP contribution is 2.26. The van der Waals surface area contributed by atoms with Crippen LogP contribution in [0.15, 0.2) is 48.5 Å². The zero-order chi connectivity index (χ0) is 12.5. The Morgan fingerprint density at radius 1 is 1.06 bits per heavy atom. The van der Waals surface area contributed by atoms with Crippen LogP contribution in [0.25, 0.3) is 0 Å². The Hall–Kier alpha value is -2.00. The first-order valence-electron chi connectivity index (χ1n) is 5.66. The van der Waals surface area contributed by atoms with Crippen molar-refractivity contribution in [3.63, 3.8) is 0 Å². The molecule has 1 N–H and O–H groups in total. The molecule has 0 aliphatic carbocycles. The van der Waals surface area contributed by atoms with Crippen LogP contribution in [-0.2, 0) is 0 Å². The van der Waals surface area contributed by atoms with E-state index in [0.717, 1.165) is 11.4 Å². The summed E-state index contributed by atoms with van der Waals surface area (Å²) in [6.45, 7) is 0.470. The van der Waals surface area contributed by atoms with E-state index in [1.54, 1.807) is 17.0 Å². The van der Waals surface area contributed by atoms with Crippen molar-refractivity contribution in [2.24, 2.45) is 0 Å². The molecule has 0 radical (unpaired) electrons. The maximum Gasteiger partial charge on any atom is 0.261 e. The number of hydrogen-bond acceptors (Lipinski definition) is 2. The van der Waals surface area contributed by atoms with Crippen molar-refractivity contribution in [3.8, 4) is 0 Å². The predicted octanol–water partition coefficient (Wildman–Crippen LogP) is 3.37. The van der Waals surface area contributed by atoms with Crippen molar-refractivity contribution in [1.82, 2.24) is 0 Å². The molecule has 90 valence electrons. The number of anilines is 2. The van der Waals surface area contributed by atoms with E-state index >= 15 is 0 Å². The average molecular weight is 259 g/mol. The highest BCUT2D eigenvalue weighted by atomic mass is 35.5. The van der Waals surface area contributed by atoms with E-state index in [2.05, 4.69) is 5.32 Å². The SMILES string of the molecule is O=C1c2ccccc2NCN1c1ccc(Cl)cc1. The Labute approximate surface area is 110 Å². The van der Waals surface area contributed by atoms with Gasteiger partial charge in [-0.3, -0.25) is 9.69 Å². The molecular weight excluding hydrogens is 248 g/mol. The molecule has 0 atom stereocenters. The van der Waals surface area contributed by atoms with Crippen LogP contribution < -0.4 is 10.2 Å². The number of para-hydroxylation sites is 1. The monoisotopic (exact) mass is 258 g/mol. The van der Waals surface area contributed by atoms with Gasteiger partial charge in [-0.05, 0) is 36.4 Å².